The average Bonchev–Trinajstić information content (AvgIpc) is 3.97. The van der Waals surface area contributed by atoms with E-state index in [-0.39, 0.29) is 5.41 Å². The second-order valence-electron chi connectivity index (χ2n) is 17.7. The van der Waals surface area contributed by atoms with Crippen LogP contribution in [0.25, 0.3) is 93.6 Å². The molecule has 0 saturated carbocycles. The van der Waals surface area contributed by atoms with Crippen LogP contribution in [0.5, 0.6) is 0 Å². The van der Waals surface area contributed by atoms with Crippen molar-refractivity contribution in [2.45, 2.75) is 19.3 Å². The van der Waals surface area contributed by atoms with Crippen LogP contribution in [-0.2, 0) is 5.41 Å². The van der Waals surface area contributed by atoms with Gasteiger partial charge in [-0.3, -0.25) is 0 Å². The molecule has 0 bridgehead atoms. The van der Waals surface area contributed by atoms with E-state index in [9.17, 15) is 0 Å². The summed E-state index contributed by atoms with van der Waals surface area (Å²) in [5.74, 6) is 0. The quantitative estimate of drug-likeness (QED) is 0.167. The molecule has 0 aliphatic heterocycles. The van der Waals surface area contributed by atoms with Crippen LogP contribution >= 0.6 is 0 Å². The van der Waals surface area contributed by atoms with Gasteiger partial charge in [0.15, 0.2) is 0 Å². The molecule has 12 aromatic rings. The third-order valence-electron chi connectivity index (χ3n) is 13.8. The first kappa shape index (κ1) is 36.5. The molecular weight excluding hydrogens is 777 g/mol. The van der Waals surface area contributed by atoms with Crippen molar-refractivity contribution in [3.63, 3.8) is 0 Å². The minimum absolute atomic E-state index is 0.0690. The van der Waals surface area contributed by atoms with Gasteiger partial charge in [-0.25, -0.2) is 0 Å². The standard InChI is InChI=1S/C61H42N2O/c1-61(2)52-21-9-5-17-46(52)47-35-30-42(38-53(47)61)39-26-31-44(32-27-39)63(54-24-13-15-40-14-3-4-16-45(40)54)57-37-36-51-50-20-8-12-25-58(50)64-60(51)59(57)41-28-33-43(34-29-41)62-55-22-10-6-18-48(55)49-19-7-11-23-56(49)62/h3-38H,1-2H3. The molecule has 0 unspecified atom stereocenters. The van der Waals surface area contributed by atoms with Crippen LogP contribution in [0.4, 0.5) is 17.1 Å². The Kier molecular flexibility index (Phi) is 7.95. The Morgan fingerprint density at radius 2 is 1.03 bits per heavy atom. The number of hydrogen-bond donors (Lipinski definition) is 0. The van der Waals surface area contributed by atoms with E-state index < -0.39 is 0 Å². The average molecular weight is 819 g/mol. The Balaban J connectivity index is 1.00. The summed E-state index contributed by atoms with van der Waals surface area (Å²) >= 11 is 0. The van der Waals surface area contributed by atoms with Crippen LogP contribution < -0.4 is 4.90 Å². The third-order valence-corrected chi connectivity index (χ3v) is 13.8. The zero-order chi connectivity index (χ0) is 42.5. The molecule has 13 rings (SSSR count). The smallest absolute Gasteiger partial charge is 0.145 e. The van der Waals surface area contributed by atoms with E-state index in [0.717, 1.165) is 55.8 Å². The number of furan rings is 1. The summed E-state index contributed by atoms with van der Waals surface area (Å²) in [6.07, 6.45) is 0. The van der Waals surface area contributed by atoms with Gasteiger partial charge >= 0.3 is 0 Å². The van der Waals surface area contributed by atoms with Crippen molar-refractivity contribution in [2.75, 3.05) is 4.90 Å². The first-order valence-corrected chi connectivity index (χ1v) is 22.2. The topological polar surface area (TPSA) is 21.3 Å². The SMILES string of the molecule is CC1(C)c2ccccc2-c2ccc(-c3ccc(N(c4ccc5c(oc6ccccc65)c4-c4ccc(-n5c6ccccc6c6ccccc65)cc4)c4cccc5ccccc45)cc3)cc21. The van der Waals surface area contributed by atoms with E-state index >= 15 is 0 Å². The zero-order valence-corrected chi connectivity index (χ0v) is 35.6. The fourth-order valence-corrected chi connectivity index (χ4v) is 10.7. The highest BCUT2D eigenvalue weighted by Crippen LogP contribution is 2.51. The predicted octanol–water partition coefficient (Wildman–Crippen LogP) is 16.9. The summed E-state index contributed by atoms with van der Waals surface area (Å²) in [6.45, 7) is 4.70. The molecule has 0 radical (unpaired) electrons. The fourth-order valence-electron chi connectivity index (χ4n) is 10.7. The fraction of sp³-hybridized carbons (Fsp3) is 0.0492. The number of nitrogens with zero attached hydrogens (tertiary/aromatic N) is 2. The molecule has 302 valence electrons. The lowest BCUT2D eigenvalue weighted by molar-refractivity contribution is 0.660. The minimum atomic E-state index is -0.0690. The van der Waals surface area contributed by atoms with Gasteiger partial charge in [-0.05, 0) is 111 Å². The second kappa shape index (κ2) is 13.9. The van der Waals surface area contributed by atoms with Gasteiger partial charge in [0, 0.05) is 49.3 Å². The van der Waals surface area contributed by atoms with E-state index in [0.29, 0.717) is 0 Å². The Bertz CT molecular complexity index is 3750. The van der Waals surface area contributed by atoms with Gasteiger partial charge in [0.25, 0.3) is 0 Å². The van der Waals surface area contributed by atoms with E-state index in [2.05, 4.69) is 242 Å². The van der Waals surface area contributed by atoms with Crippen LogP contribution in [0.1, 0.15) is 25.0 Å². The Morgan fingerprint density at radius 1 is 0.422 bits per heavy atom. The van der Waals surface area contributed by atoms with Crippen molar-refractivity contribution < 1.29 is 4.42 Å². The lowest BCUT2D eigenvalue weighted by Gasteiger charge is -2.29. The normalized spacial score (nSPS) is 13.0. The summed E-state index contributed by atoms with van der Waals surface area (Å²) in [7, 11) is 0. The maximum Gasteiger partial charge on any atom is 0.145 e. The van der Waals surface area contributed by atoms with Gasteiger partial charge in [-0.2, -0.15) is 0 Å². The van der Waals surface area contributed by atoms with Crippen molar-refractivity contribution in [2.24, 2.45) is 0 Å². The van der Waals surface area contributed by atoms with Crippen molar-refractivity contribution in [3.05, 3.63) is 230 Å². The largest absolute Gasteiger partial charge is 0.455 e. The lowest BCUT2D eigenvalue weighted by Crippen LogP contribution is -2.14. The summed E-state index contributed by atoms with van der Waals surface area (Å²) in [4.78, 5) is 2.43. The maximum absolute atomic E-state index is 6.93. The lowest BCUT2D eigenvalue weighted by atomic mass is 9.81. The maximum atomic E-state index is 6.93. The molecule has 0 atom stereocenters. The second-order valence-corrected chi connectivity index (χ2v) is 17.7. The number of rotatable bonds is 6. The number of hydrogen-bond acceptors (Lipinski definition) is 2. The van der Waals surface area contributed by atoms with Crippen LogP contribution in [0.3, 0.4) is 0 Å². The van der Waals surface area contributed by atoms with Crippen molar-refractivity contribution in [3.8, 4) is 39.1 Å². The van der Waals surface area contributed by atoms with Crippen molar-refractivity contribution in [1.29, 1.82) is 0 Å². The molecule has 0 saturated heterocycles. The van der Waals surface area contributed by atoms with E-state index in [1.165, 1.54) is 66.0 Å². The van der Waals surface area contributed by atoms with Gasteiger partial charge in [0.05, 0.1) is 22.4 Å². The number of anilines is 3. The zero-order valence-electron chi connectivity index (χ0n) is 35.6. The first-order valence-electron chi connectivity index (χ1n) is 22.2. The van der Waals surface area contributed by atoms with Crippen LogP contribution in [0.2, 0.25) is 0 Å². The summed E-state index contributed by atoms with van der Waals surface area (Å²) in [5, 5.41) is 7.06. The Hall–Kier alpha value is -8.14. The molecule has 10 aromatic carbocycles. The monoisotopic (exact) mass is 818 g/mol. The molecule has 1 aliphatic rings. The van der Waals surface area contributed by atoms with Gasteiger partial charge in [-0.1, -0.05) is 166 Å². The van der Waals surface area contributed by atoms with Crippen LogP contribution in [0.15, 0.2) is 223 Å². The number of aromatic nitrogens is 1. The molecule has 3 nitrogen and oxygen atoms in total. The molecule has 0 amide bonds. The van der Waals surface area contributed by atoms with E-state index in [1.807, 2.05) is 0 Å². The molecule has 0 spiro atoms. The van der Waals surface area contributed by atoms with Gasteiger partial charge in [-0.15, -0.1) is 0 Å². The molecule has 2 heterocycles. The van der Waals surface area contributed by atoms with Crippen molar-refractivity contribution >= 4 is 71.6 Å². The van der Waals surface area contributed by atoms with Crippen LogP contribution in [-0.4, -0.2) is 4.57 Å². The predicted molar refractivity (Wildman–Crippen MR) is 269 cm³/mol. The molecule has 0 fully saturated rings. The van der Waals surface area contributed by atoms with Crippen molar-refractivity contribution in [1.82, 2.24) is 4.57 Å². The highest BCUT2D eigenvalue weighted by molar-refractivity contribution is 6.14. The Labute approximate surface area is 371 Å². The first-order chi connectivity index (χ1) is 31.5. The van der Waals surface area contributed by atoms with E-state index in [4.69, 9.17) is 4.42 Å². The molecule has 0 N–H and O–H groups in total. The molecule has 1 aliphatic carbocycles. The minimum Gasteiger partial charge on any atom is -0.455 e. The summed E-state index contributed by atoms with van der Waals surface area (Å²) in [6, 6.07) is 79.6. The molecule has 64 heavy (non-hydrogen) atoms. The summed E-state index contributed by atoms with van der Waals surface area (Å²) < 4.78 is 9.30. The molecule has 2 aromatic heterocycles. The van der Waals surface area contributed by atoms with E-state index in [1.54, 1.807) is 0 Å². The number of para-hydroxylation sites is 3. The summed E-state index contributed by atoms with van der Waals surface area (Å²) in [5.41, 5.74) is 18.3. The number of benzene rings is 10. The van der Waals surface area contributed by atoms with Gasteiger partial charge in [0.2, 0.25) is 0 Å². The molecular formula is C61H42N2O. The Morgan fingerprint density at radius 3 is 1.81 bits per heavy atom. The highest BCUT2D eigenvalue weighted by Gasteiger charge is 2.35. The third kappa shape index (κ3) is 5.41. The molecule has 3 heteroatoms. The number of fused-ring (bicyclic) bond motifs is 10. The highest BCUT2D eigenvalue weighted by atomic mass is 16.3. The van der Waals surface area contributed by atoms with Gasteiger partial charge in [0.1, 0.15) is 11.2 Å². The van der Waals surface area contributed by atoms with Gasteiger partial charge < -0.3 is 13.9 Å². The van der Waals surface area contributed by atoms with Crippen LogP contribution in [0, 0.1) is 0 Å².